The van der Waals surface area contributed by atoms with Crippen molar-refractivity contribution in [1.29, 1.82) is 0 Å². The molecule has 2 heterocycles. The highest BCUT2D eigenvalue weighted by Gasteiger charge is 2.29. The number of amides is 2. The summed E-state index contributed by atoms with van der Waals surface area (Å²) in [5.74, 6) is 1.02. The van der Waals surface area contributed by atoms with Gasteiger partial charge in [0.25, 0.3) is 0 Å². The highest BCUT2D eigenvalue weighted by Crippen LogP contribution is 2.35. The fourth-order valence-corrected chi connectivity index (χ4v) is 5.10. The number of para-hydroxylation sites is 2. The number of nitrogens with one attached hydrogen (secondary N) is 1. The number of rotatable bonds is 7. The van der Waals surface area contributed by atoms with Gasteiger partial charge in [-0.05, 0) is 44.1 Å². The minimum atomic E-state index is -0.149. The standard InChI is InChI=1S/C23H27N3O3S/c1-29-20-10-4-2-8-17(20)19(25-12-6-7-13-25)14-24-22(27)15-26-18-9-3-5-11-21(18)30-16-23(26)28/h2-5,8-11,19H,6-7,12-16H2,1H3,(H,24,27)/t19-/m0/s1. The number of carbonyl (C=O) groups excluding carboxylic acids is 2. The van der Waals surface area contributed by atoms with Gasteiger partial charge in [-0.15, -0.1) is 11.8 Å². The van der Waals surface area contributed by atoms with Crippen molar-refractivity contribution in [2.45, 2.75) is 23.8 Å². The minimum Gasteiger partial charge on any atom is -0.496 e. The van der Waals surface area contributed by atoms with Gasteiger partial charge in [0, 0.05) is 17.0 Å². The van der Waals surface area contributed by atoms with Crippen molar-refractivity contribution in [3.05, 3.63) is 54.1 Å². The van der Waals surface area contributed by atoms with Gasteiger partial charge >= 0.3 is 0 Å². The van der Waals surface area contributed by atoms with Crippen LogP contribution < -0.4 is 15.0 Å². The molecule has 30 heavy (non-hydrogen) atoms. The molecule has 2 amide bonds. The lowest BCUT2D eigenvalue weighted by Crippen LogP contribution is -2.45. The largest absolute Gasteiger partial charge is 0.496 e. The predicted octanol–water partition coefficient (Wildman–Crippen LogP) is 3.09. The molecule has 1 saturated heterocycles. The van der Waals surface area contributed by atoms with Crippen LogP contribution in [0.2, 0.25) is 0 Å². The molecule has 2 aliphatic rings. The van der Waals surface area contributed by atoms with Gasteiger partial charge in [-0.25, -0.2) is 0 Å². The van der Waals surface area contributed by atoms with Crippen LogP contribution in [0.4, 0.5) is 5.69 Å². The Kier molecular flexibility index (Phi) is 6.59. The Labute approximate surface area is 181 Å². The lowest BCUT2D eigenvalue weighted by molar-refractivity contribution is -0.123. The van der Waals surface area contributed by atoms with E-state index in [2.05, 4.69) is 16.3 Å². The van der Waals surface area contributed by atoms with E-state index in [1.54, 1.807) is 12.0 Å². The highest BCUT2D eigenvalue weighted by molar-refractivity contribution is 8.00. The summed E-state index contributed by atoms with van der Waals surface area (Å²) in [7, 11) is 1.68. The second kappa shape index (κ2) is 9.53. The Morgan fingerprint density at radius 2 is 1.87 bits per heavy atom. The fraction of sp³-hybridized carbons (Fsp3) is 0.391. The SMILES string of the molecule is COc1ccccc1[C@H](CNC(=O)CN1C(=O)CSc2ccccc21)N1CCCC1. The van der Waals surface area contributed by atoms with Crippen LogP contribution in [-0.2, 0) is 9.59 Å². The molecule has 2 aromatic rings. The zero-order chi connectivity index (χ0) is 20.9. The summed E-state index contributed by atoms with van der Waals surface area (Å²) in [5, 5.41) is 3.07. The van der Waals surface area contributed by atoms with Crippen molar-refractivity contribution in [2.75, 3.05) is 43.9 Å². The molecule has 0 radical (unpaired) electrons. The van der Waals surface area contributed by atoms with Crippen LogP contribution in [0.15, 0.2) is 53.4 Å². The van der Waals surface area contributed by atoms with Gasteiger partial charge in [0.15, 0.2) is 0 Å². The zero-order valence-corrected chi connectivity index (χ0v) is 18.0. The molecule has 4 rings (SSSR count). The van der Waals surface area contributed by atoms with E-state index in [-0.39, 0.29) is 24.4 Å². The molecule has 158 valence electrons. The summed E-state index contributed by atoms with van der Waals surface area (Å²) in [5.41, 5.74) is 1.90. The van der Waals surface area contributed by atoms with E-state index in [9.17, 15) is 9.59 Å². The number of benzene rings is 2. The van der Waals surface area contributed by atoms with E-state index in [0.717, 1.165) is 47.8 Å². The number of anilines is 1. The van der Waals surface area contributed by atoms with Gasteiger partial charge in [0.05, 0.1) is 24.6 Å². The Hall–Kier alpha value is -2.51. The topological polar surface area (TPSA) is 61.9 Å². The summed E-state index contributed by atoms with van der Waals surface area (Å²) < 4.78 is 5.57. The maximum atomic E-state index is 12.8. The number of likely N-dealkylation sites (tertiary alicyclic amines) is 1. The number of nitrogens with zero attached hydrogens (tertiary/aromatic N) is 2. The Morgan fingerprint density at radius 1 is 1.13 bits per heavy atom. The first-order chi connectivity index (χ1) is 14.7. The van der Waals surface area contributed by atoms with Crippen LogP contribution in [-0.4, -0.2) is 55.8 Å². The molecule has 7 heteroatoms. The molecular formula is C23H27N3O3S. The summed E-state index contributed by atoms with van der Waals surface area (Å²) >= 11 is 1.52. The number of methoxy groups -OCH3 is 1. The van der Waals surface area contributed by atoms with E-state index in [1.807, 2.05) is 42.5 Å². The average Bonchev–Trinajstić information content (AvgIpc) is 3.31. The van der Waals surface area contributed by atoms with Gasteiger partial charge in [0.1, 0.15) is 12.3 Å². The molecule has 1 N–H and O–H groups in total. The summed E-state index contributed by atoms with van der Waals surface area (Å²) in [6.07, 6.45) is 2.33. The van der Waals surface area contributed by atoms with Crippen molar-refractivity contribution >= 4 is 29.3 Å². The van der Waals surface area contributed by atoms with E-state index >= 15 is 0 Å². The molecule has 0 aromatic heterocycles. The molecule has 6 nitrogen and oxygen atoms in total. The molecule has 0 unspecified atom stereocenters. The van der Waals surface area contributed by atoms with Gasteiger partial charge in [-0.1, -0.05) is 30.3 Å². The average molecular weight is 426 g/mol. The van der Waals surface area contributed by atoms with Crippen LogP contribution in [0.5, 0.6) is 5.75 Å². The van der Waals surface area contributed by atoms with E-state index < -0.39 is 0 Å². The first kappa shape index (κ1) is 20.8. The van der Waals surface area contributed by atoms with Crippen LogP contribution in [0, 0.1) is 0 Å². The first-order valence-electron chi connectivity index (χ1n) is 10.3. The van der Waals surface area contributed by atoms with Crippen LogP contribution in [0.1, 0.15) is 24.4 Å². The lowest BCUT2D eigenvalue weighted by atomic mass is 10.0. The van der Waals surface area contributed by atoms with Crippen LogP contribution >= 0.6 is 11.8 Å². The summed E-state index contributed by atoms with van der Waals surface area (Å²) in [6, 6.07) is 15.8. The van der Waals surface area contributed by atoms with Gasteiger partial charge in [-0.3, -0.25) is 14.5 Å². The van der Waals surface area contributed by atoms with Crippen molar-refractivity contribution < 1.29 is 14.3 Å². The van der Waals surface area contributed by atoms with Gasteiger partial charge in [-0.2, -0.15) is 0 Å². The second-order valence-corrected chi connectivity index (χ2v) is 8.56. The van der Waals surface area contributed by atoms with Crippen LogP contribution in [0.3, 0.4) is 0 Å². The third-order valence-electron chi connectivity index (χ3n) is 5.68. The Morgan fingerprint density at radius 3 is 2.67 bits per heavy atom. The van der Waals surface area contributed by atoms with Crippen molar-refractivity contribution in [3.63, 3.8) is 0 Å². The van der Waals surface area contributed by atoms with Crippen molar-refractivity contribution in [2.24, 2.45) is 0 Å². The zero-order valence-electron chi connectivity index (χ0n) is 17.2. The maximum Gasteiger partial charge on any atom is 0.240 e. The van der Waals surface area contributed by atoms with E-state index in [1.165, 1.54) is 11.8 Å². The molecule has 2 aliphatic heterocycles. The Balaban J connectivity index is 1.46. The minimum absolute atomic E-state index is 0.0327. The smallest absolute Gasteiger partial charge is 0.240 e. The summed E-state index contributed by atoms with van der Waals surface area (Å²) in [4.78, 5) is 30.3. The normalized spacial score (nSPS) is 17.5. The van der Waals surface area contributed by atoms with Crippen molar-refractivity contribution in [3.8, 4) is 5.75 Å². The monoisotopic (exact) mass is 425 g/mol. The molecule has 0 saturated carbocycles. The van der Waals surface area contributed by atoms with Crippen LogP contribution in [0.25, 0.3) is 0 Å². The number of carbonyl (C=O) groups is 2. The van der Waals surface area contributed by atoms with Gasteiger partial charge < -0.3 is 15.0 Å². The third-order valence-corrected chi connectivity index (χ3v) is 6.73. The molecule has 2 aromatic carbocycles. The van der Waals surface area contributed by atoms with E-state index in [4.69, 9.17) is 4.74 Å². The predicted molar refractivity (Wildman–Crippen MR) is 119 cm³/mol. The fourth-order valence-electron chi connectivity index (χ4n) is 4.17. The van der Waals surface area contributed by atoms with Crippen molar-refractivity contribution in [1.82, 2.24) is 10.2 Å². The molecular weight excluding hydrogens is 398 g/mol. The third kappa shape index (κ3) is 4.47. The molecule has 1 fully saturated rings. The second-order valence-electron chi connectivity index (χ2n) is 7.54. The summed E-state index contributed by atoms with van der Waals surface area (Å²) in [6.45, 7) is 2.54. The molecule has 0 bridgehead atoms. The maximum absolute atomic E-state index is 12.8. The van der Waals surface area contributed by atoms with Gasteiger partial charge in [0.2, 0.25) is 11.8 Å². The molecule has 0 spiro atoms. The molecule has 0 aliphatic carbocycles. The number of fused-ring (bicyclic) bond motifs is 1. The number of ether oxygens (including phenoxy) is 1. The van der Waals surface area contributed by atoms with E-state index in [0.29, 0.717) is 12.3 Å². The Bertz CT molecular complexity index is 914. The number of hydrogen-bond donors (Lipinski definition) is 1. The molecule has 1 atom stereocenters. The quantitative estimate of drug-likeness (QED) is 0.739. The highest BCUT2D eigenvalue weighted by atomic mass is 32.2. The number of hydrogen-bond acceptors (Lipinski definition) is 5. The number of thioether (sulfide) groups is 1. The first-order valence-corrected chi connectivity index (χ1v) is 11.3. The lowest BCUT2D eigenvalue weighted by Gasteiger charge is -2.31.